The molecule has 0 bridgehead atoms. The van der Waals surface area contributed by atoms with Crippen LogP contribution in [0.4, 0.5) is 5.69 Å². The third-order valence-corrected chi connectivity index (χ3v) is 2.91. The van der Waals surface area contributed by atoms with Gasteiger partial charge in [0.2, 0.25) is 11.5 Å². The first-order chi connectivity index (χ1) is 9.97. The van der Waals surface area contributed by atoms with Crippen molar-refractivity contribution >= 4 is 33.4 Å². The number of Topliss-reactive ketones (excluding diaryl/α,β-unsaturated/α-hetero) is 1. The molecule has 0 saturated carbocycles. The number of hydrogen-bond donors (Lipinski definition) is 0. The van der Waals surface area contributed by atoms with Crippen LogP contribution in [0.15, 0.2) is 45.5 Å². The maximum absolute atomic E-state index is 11.8. The van der Waals surface area contributed by atoms with Gasteiger partial charge in [0.15, 0.2) is 11.3 Å². The van der Waals surface area contributed by atoms with Crippen LogP contribution >= 0.6 is 15.9 Å². The Morgan fingerprint density at radius 3 is 2.67 bits per heavy atom. The molecule has 2 rings (SSSR count). The molecule has 0 unspecified atom stereocenters. The number of ether oxygens (including phenoxy) is 1. The van der Waals surface area contributed by atoms with Crippen molar-refractivity contribution in [3.63, 3.8) is 0 Å². The highest BCUT2D eigenvalue weighted by atomic mass is 79.9. The van der Waals surface area contributed by atoms with Gasteiger partial charge in [0.1, 0.15) is 0 Å². The molecule has 1 aromatic heterocycles. The van der Waals surface area contributed by atoms with Crippen molar-refractivity contribution in [2.45, 2.75) is 0 Å². The summed E-state index contributed by atoms with van der Waals surface area (Å²) in [4.78, 5) is 33.4. The van der Waals surface area contributed by atoms with E-state index in [2.05, 4.69) is 15.9 Å². The zero-order valence-electron chi connectivity index (χ0n) is 10.4. The van der Waals surface area contributed by atoms with Crippen LogP contribution in [0, 0.1) is 10.1 Å². The number of esters is 1. The first-order valence-electron chi connectivity index (χ1n) is 5.67. The number of non-ortho nitro benzene ring substituents is 1. The summed E-state index contributed by atoms with van der Waals surface area (Å²) in [6, 6.07) is 8.09. The standard InChI is InChI=1S/C13H8BrNO6/c14-12-5-4-11(21-12)13(17)20-7-10(16)8-2-1-3-9(6-8)15(18)19/h1-6H,7H2. The molecule has 7 nitrogen and oxygen atoms in total. The Morgan fingerprint density at radius 2 is 2.05 bits per heavy atom. The second-order valence-corrected chi connectivity index (χ2v) is 4.69. The normalized spacial score (nSPS) is 10.1. The van der Waals surface area contributed by atoms with E-state index in [4.69, 9.17) is 9.15 Å². The number of hydrogen-bond acceptors (Lipinski definition) is 6. The summed E-state index contributed by atoms with van der Waals surface area (Å²) in [7, 11) is 0. The van der Waals surface area contributed by atoms with Gasteiger partial charge in [-0.1, -0.05) is 12.1 Å². The number of nitrogens with zero attached hydrogens (tertiary/aromatic N) is 1. The van der Waals surface area contributed by atoms with Gasteiger partial charge in [0.25, 0.3) is 5.69 Å². The van der Waals surface area contributed by atoms with Gasteiger partial charge in [0.05, 0.1) is 4.92 Å². The van der Waals surface area contributed by atoms with E-state index in [1.54, 1.807) is 0 Å². The van der Waals surface area contributed by atoms with Gasteiger partial charge < -0.3 is 9.15 Å². The number of benzene rings is 1. The molecule has 1 heterocycles. The number of nitro groups is 1. The molecule has 108 valence electrons. The van der Waals surface area contributed by atoms with E-state index >= 15 is 0 Å². The third-order valence-electron chi connectivity index (χ3n) is 2.49. The highest BCUT2D eigenvalue weighted by Gasteiger charge is 2.16. The average Bonchev–Trinajstić information content (AvgIpc) is 2.91. The molecule has 0 amide bonds. The predicted molar refractivity (Wildman–Crippen MR) is 74.1 cm³/mol. The van der Waals surface area contributed by atoms with Crippen molar-refractivity contribution in [3.8, 4) is 0 Å². The van der Waals surface area contributed by atoms with E-state index in [-0.39, 0.29) is 17.0 Å². The van der Waals surface area contributed by atoms with Crippen molar-refractivity contribution in [1.82, 2.24) is 0 Å². The maximum atomic E-state index is 11.8. The highest BCUT2D eigenvalue weighted by Crippen LogP contribution is 2.16. The Bertz CT molecular complexity index is 708. The van der Waals surface area contributed by atoms with Crippen molar-refractivity contribution in [2.24, 2.45) is 0 Å². The fourth-order valence-electron chi connectivity index (χ4n) is 1.50. The van der Waals surface area contributed by atoms with Crippen LogP contribution < -0.4 is 0 Å². The molecule has 0 aliphatic heterocycles. The van der Waals surface area contributed by atoms with Crippen molar-refractivity contribution in [2.75, 3.05) is 6.61 Å². The quantitative estimate of drug-likeness (QED) is 0.354. The van der Waals surface area contributed by atoms with E-state index in [1.165, 1.54) is 30.3 Å². The average molecular weight is 354 g/mol. The monoisotopic (exact) mass is 353 g/mol. The van der Waals surface area contributed by atoms with Crippen LogP contribution in [0.2, 0.25) is 0 Å². The van der Waals surface area contributed by atoms with E-state index < -0.39 is 23.3 Å². The smallest absolute Gasteiger partial charge is 0.374 e. The van der Waals surface area contributed by atoms with Gasteiger partial charge in [-0.05, 0) is 28.1 Å². The molecule has 0 N–H and O–H groups in total. The SMILES string of the molecule is O=C(COC(=O)c1ccc(Br)o1)c1cccc([N+](=O)[O-])c1. The zero-order valence-corrected chi connectivity index (χ0v) is 12.0. The Kier molecular flexibility index (Phi) is 4.49. The fraction of sp³-hybridized carbons (Fsp3) is 0.0769. The number of halogens is 1. The first kappa shape index (κ1) is 14.9. The molecule has 8 heteroatoms. The molecular formula is C13H8BrNO6. The van der Waals surface area contributed by atoms with Crippen LogP contribution in [0.1, 0.15) is 20.9 Å². The van der Waals surface area contributed by atoms with Crippen molar-refractivity contribution in [3.05, 3.63) is 62.5 Å². The summed E-state index contributed by atoms with van der Waals surface area (Å²) < 4.78 is 10.1. The van der Waals surface area contributed by atoms with Crippen molar-refractivity contribution < 1.29 is 23.7 Å². The highest BCUT2D eigenvalue weighted by molar-refractivity contribution is 9.10. The lowest BCUT2D eigenvalue weighted by Crippen LogP contribution is -2.14. The lowest BCUT2D eigenvalue weighted by molar-refractivity contribution is -0.384. The summed E-state index contributed by atoms with van der Waals surface area (Å²) in [6.07, 6.45) is 0. The molecule has 0 spiro atoms. The molecule has 0 radical (unpaired) electrons. The van der Waals surface area contributed by atoms with E-state index in [9.17, 15) is 19.7 Å². The molecule has 0 aliphatic rings. The van der Waals surface area contributed by atoms with E-state index in [1.807, 2.05) is 0 Å². The Labute approximate surface area is 126 Å². The van der Waals surface area contributed by atoms with E-state index in [0.717, 1.165) is 6.07 Å². The summed E-state index contributed by atoms with van der Waals surface area (Å²) in [5.41, 5.74) is -0.111. The third kappa shape index (κ3) is 3.76. The minimum atomic E-state index is -0.792. The molecule has 21 heavy (non-hydrogen) atoms. The van der Waals surface area contributed by atoms with Gasteiger partial charge in [-0.3, -0.25) is 14.9 Å². The molecule has 2 aromatic rings. The van der Waals surface area contributed by atoms with Gasteiger partial charge in [-0.25, -0.2) is 4.79 Å². The number of rotatable bonds is 5. The number of furan rings is 1. The number of nitro benzene ring substituents is 1. The number of carbonyl (C=O) groups is 2. The minimum absolute atomic E-state index is 0.0475. The molecule has 0 aliphatic carbocycles. The second-order valence-electron chi connectivity index (χ2n) is 3.91. The lowest BCUT2D eigenvalue weighted by atomic mass is 10.1. The van der Waals surface area contributed by atoms with E-state index in [0.29, 0.717) is 4.67 Å². The molecule has 0 saturated heterocycles. The molecule has 1 aromatic carbocycles. The molecule has 0 atom stereocenters. The molecular weight excluding hydrogens is 346 g/mol. The van der Waals surface area contributed by atoms with Crippen LogP contribution in [-0.2, 0) is 4.74 Å². The fourth-order valence-corrected chi connectivity index (χ4v) is 1.81. The number of ketones is 1. The largest absolute Gasteiger partial charge is 0.451 e. The lowest BCUT2D eigenvalue weighted by Gasteiger charge is -2.02. The number of carbonyl (C=O) groups excluding carboxylic acids is 2. The van der Waals surface area contributed by atoms with Crippen LogP contribution in [0.3, 0.4) is 0 Å². The Balaban J connectivity index is 2.00. The Morgan fingerprint density at radius 1 is 1.29 bits per heavy atom. The van der Waals surface area contributed by atoms with Gasteiger partial charge in [-0.15, -0.1) is 0 Å². The second kappa shape index (κ2) is 6.31. The summed E-state index contributed by atoms with van der Waals surface area (Å²) in [5.74, 6) is -1.38. The van der Waals surface area contributed by atoms with Gasteiger partial charge >= 0.3 is 5.97 Å². The maximum Gasteiger partial charge on any atom is 0.374 e. The minimum Gasteiger partial charge on any atom is -0.451 e. The van der Waals surface area contributed by atoms with Gasteiger partial charge in [0, 0.05) is 17.7 Å². The first-order valence-corrected chi connectivity index (χ1v) is 6.47. The van der Waals surface area contributed by atoms with Crippen molar-refractivity contribution in [1.29, 1.82) is 0 Å². The zero-order chi connectivity index (χ0) is 15.4. The molecule has 0 fully saturated rings. The van der Waals surface area contributed by atoms with Crippen LogP contribution in [0.25, 0.3) is 0 Å². The summed E-state index contributed by atoms with van der Waals surface area (Å²) in [6.45, 7) is -0.529. The summed E-state index contributed by atoms with van der Waals surface area (Å²) >= 11 is 3.03. The summed E-state index contributed by atoms with van der Waals surface area (Å²) in [5, 5.41) is 10.6. The van der Waals surface area contributed by atoms with Crippen LogP contribution in [-0.4, -0.2) is 23.3 Å². The topological polar surface area (TPSA) is 99.7 Å². The van der Waals surface area contributed by atoms with Crippen LogP contribution in [0.5, 0.6) is 0 Å². The Hall–Kier alpha value is -2.48. The predicted octanol–water partition coefficient (Wildman–Crippen LogP) is 2.99. The van der Waals surface area contributed by atoms with Gasteiger partial charge in [-0.2, -0.15) is 0 Å².